The van der Waals surface area contributed by atoms with E-state index in [-0.39, 0.29) is 5.75 Å². The van der Waals surface area contributed by atoms with Crippen molar-refractivity contribution in [2.45, 2.75) is 18.0 Å². The van der Waals surface area contributed by atoms with Crippen LogP contribution < -0.4 is 0 Å². The van der Waals surface area contributed by atoms with Crippen molar-refractivity contribution in [3.8, 4) is 11.4 Å². The van der Waals surface area contributed by atoms with Crippen LogP contribution in [0.4, 0.5) is 0 Å². The summed E-state index contributed by atoms with van der Waals surface area (Å²) < 4.78 is 1.70. The smallest absolute Gasteiger partial charge is 0.214 e. The molecule has 1 N–H and O–H groups in total. The van der Waals surface area contributed by atoms with Gasteiger partial charge < -0.3 is 5.11 Å². The van der Waals surface area contributed by atoms with E-state index in [1.54, 1.807) is 40.7 Å². The van der Waals surface area contributed by atoms with Crippen molar-refractivity contribution in [2.75, 3.05) is 5.75 Å². The molecule has 88 valence electrons. The van der Waals surface area contributed by atoms with E-state index >= 15 is 0 Å². The van der Waals surface area contributed by atoms with Crippen molar-refractivity contribution in [1.29, 1.82) is 0 Å². The molecule has 1 heterocycles. The predicted molar refractivity (Wildman–Crippen MR) is 64.3 cm³/mol. The monoisotopic (exact) mass is 248 g/mol. The molecule has 2 aromatic rings. The zero-order valence-corrected chi connectivity index (χ0v) is 9.97. The van der Waals surface area contributed by atoms with Gasteiger partial charge in [0.25, 0.3) is 0 Å². The minimum atomic E-state index is 0.244. The molecule has 0 radical (unpaired) electrons. The largest absolute Gasteiger partial charge is 0.508 e. The fourth-order valence-electron chi connectivity index (χ4n) is 1.50. The van der Waals surface area contributed by atoms with Gasteiger partial charge in [-0.1, -0.05) is 11.8 Å². The third kappa shape index (κ3) is 2.41. The van der Waals surface area contributed by atoms with Crippen LogP contribution in [0.5, 0.6) is 5.75 Å². The second kappa shape index (κ2) is 4.37. The standard InChI is InChI=1S/C11H12N4OS/c16-10-5-3-9(4-6-10)15-11(12-13-14-15)17-7-8-1-2-8/h3-6,8,16H,1-2,7H2. The molecule has 0 amide bonds. The molecule has 1 aliphatic carbocycles. The second-order valence-corrected chi connectivity index (χ2v) is 5.13. The lowest BCUT2D eigenvalue weighted by molar-refractivity contribution is 0.475. The van der Waals surface area contributed by atoms with E-state index < -0.39 is 0 Å². The summed E-state index contributed by atoms with van der Waals surface area (Å²) in [6.07, 6.45) is 2.65. The van der Waals surface area contributed by atoms with Gasteiger partial charge in [-0.05, 0) is 53.5 Å². The predicted octanol–water partition coefficient (Wildman–Crippen LogP) is 1.87. The minimum absolute atomic E-state index is 0.244. The Morgan fingerprint density at radius 2 is 2.06 bits per heavy atom. The van der Waals surface area contributed by atoms with Crippen molar-refractivity contribution < 1.29 is 5.11 Å². The summed E-state index contributed by atoms with van der Waals surface area (Å²) in [6, 6.07) is 6.86. The van der Waals surface area contributed by atoms with Crippen LogP contribution in [0.15, 0.2) is 29.4 Å². The number of hydrogen-bond donors (Lipinski definition) is 1. The quantitative estimate of drug-likeness (QED) is 0.837. The number of tetrazole rings is 1. The van der Waals surface area contributed by atoms with Gasteiger partial charge in [-0.15, -0.1) is 5.10 Å². The van der Waals surface area contributed by atoms with E-state index in [2.05, 4.69) is 15.5 Å². The minimum Gasteiger partial charge on any atom is -0.508 e. The van der Waals surface area contributed by atoms with Crippen molar-refractivity contribution in [3.05, 3.63) is 24.3 Å². The fourth-order valence-corrected chi connectivity index (χ4v) is 2.58. The maximum Gasteiger partial charge on any atom is 0.214 e. The number of thioether (sulfide) groups is 1. The zero-order valence-electron chi connectivity index (χ0n) is 9.15. The summed E-state index contributed by atoms with van der Waals surface area (Å²) in [5.41, 5.74) is 0.867. The molecule has 6 heteroatoms. The lowest BCUT2D eigenvalue weighted by atomic mass is 10.3. The second-order valence-electron chi connectivity index (χ2n) is 4.14. The summed E-state index contributed by atoms with van der Waals surface area (Å²) in [5.74, 6) is 2.16. The number of benzene rings is 1. The normalized spacial score (nSPS) is 15.1. The number of phenols is 1. The molecular formula is C11H12N4OS. The molecule has 1 saturated carbocycles. The molecule has 1 aromatic carbocycles. The molecule has 1 fully saturated rings. The van der Waals surface area contributed by atoms with Gasteiger partial charge in [0.05, 0.1) is 5.69 Å². The number of aromatic nitrogens is 4. The molecule has 0 spiro atoms. The molecule has 0 saturated heterocycles. The van der Waals surface area contributed by atoms with Crippen LogP contribution in [-0.2, 0) is 0 Å². The third-order valence-corrected chi connectivity index (χ3v) is 3.83. The Labute approximate surface area is 103 Å². The molecule has 17 heavy (non-hydrogen) atoms. The van der Waals surface area contributed by atoms with E-state index in [0.29, 0.717) is 0 Å². The number of nitrogens with zero attached hydrogens (tertiary/aromatic N) is 4. The van der Waals surface area contributed by atoms with Crippen LogP contribution >= 0.6 is 11.8 Å². The summed E-state index contributed by atoms with van der Waals surface area (Å²) in [7, 11) is 0. The van der Waals surface area contributed by atoms with Crippen LogP contribution in [0.1, 0.15) is 12.8 Å². The molecule has 0 bridgehead atoms. The summed E-state index contributed by atoms with van der Waals surface area (Å²) in [5, 5.41) is 21.7. The fraction of sp³-hybridized carbons (Fsp3) is 0.364. The number of phenolic OH excluding ortho intramolecular Hbond substituents is 1. The Morgan fingerprint density at radius 3 is 2.76 bits per heavy atom. The van der Waals surface area contributed by atoms with Crippen molar-refractivity contribution in [1.82, 2.24) is 20.2 Å². The highest BCUT2D eigenvalue weighted by Gasteiger charge is 2.22. The first-order valence-corrected chi connectivity index (χ1v) is 6.52. The Kier molecular flexibility index (Phi) is 2.72. The zero-order chi connectivity index (χ0) is 11.7. The van der Waals surface area contributed by atoms with Gasteiger partial charge in [0.2, 0.25) is 5.16 Å². The van der Waals surface area contributed by atoms with Crippen LogP contribution in [0, 0.1) is 5.92 Å². The van der Waals surface area contributed by atoms with Gasteiger partial charge in [-0.3, -0.25) is 0 Å². The van der Waals surface area contributed by atoms with Crippen LogP contribution in [0.2, 0.25) is 0 Å². The van der Waals surface area contributed by atoms with Crippen LogP contribution in [0.3, 0.4) is 0 Å². The highest BCUT2D eigenvalue weighted by molar-refractivity contribution is 7.99. The highest BCUT2D eigenvalue weighted by Crippen LogP contribution is 2.34. The molecule has 1 aromatic heterocycles. The third-order valence-electron chi connectivity index (χ3n) is 2.68. The van der Waals surface area contributed by atoms with Gasteiger partial charge in [-0.25, -0.2) is 0 Å². The number of rotatable bonds is 4. The van der Waals surface area contributed by atoms with Gasteiger partial charge >= 0.3 is 0 Å². The maximum atomic E-state index is 9.24. The molecule has 0 unspecified atom stereocenters. The van der Waals surface area contributed by atoms with Crippen LogP contribution in [0.25, 0.3) is 5.69 Å². The Hall–Kier alpha value is -1.56. The molecule has 0 atom stereocenters. The number of aromatic hydroxyl groups is 1. The maximum absolute atomic E-state index is 9.24. The van der Waals surface area contributed by atoms with Gasteiger partial charge in [0.15, 0.2) is 0 Å². The lowest BCUT2D eigenvalue weighted by Gasteiger charge is -2.03. The highest BCUT2D eigenvalue weighted by atomic mass is 32.2. The first kappa shape index (κ1) is 10.6. The van der Waals surface area contributed by atoms with Crippen LogP contribution in [-0.4, -0.2) is 31.1 Å². The molecule has 3 rings (SSSR count). The van der Waals surface area contributed by atoms with E-state index in [9.17, 15) is 5.11 Å². The van der Waals surface area contributed by atoms with Gasteiger partial charge in [0.1, 0.15) is 5.75 Å². The first-order valence-electron chi connectivity index (χ1n) is 5.53. The number of hydrogen-bond acceptors (Lipinski definition) is 5. The summed E-state index contributed by atoms with van der Waals surface area (Å²) in [4.78, 5) is 0. The van der Waals surface area contributed by atoms with Gasteiger partial charge in [0, 0.05) is 5.75 Å². The Morgan fingerprint density at radius 1 is 1.29 bits per heavy atom. The molecule has 0 aliphatic heterocycles. The molecule has 1 aliphatic rings. The first-order chi connectivity index (χ1) is 8.33. The summed E-state index contributed by atoms with van der Waals surface area (Å²) >= 11 is 1.69. The van der Waals surface area contributed by atoms with Crippen molar-refractivity contribution in [2.24, 2.45) is 5.92 Å². The van der Waals surface area contributed by atoms with E-state index in [1.165, 1.54) is 12.8 Å². The molecule has 5 nitrogen and oxygen atoms in total. The molecular weight excluding hydrogens is 236 g/mol. The average molecular weight is 248 g/mol. The summed E-state index contributed by atoms with van der Waals surface area (Å²) in [6.45, 7) is 0. The van der Waals surface area contributed by atoms with Crippen molar-refractivity contribution in [3.63, 3.8) is 0 Å². The topological polar surface area (TPSA) is 63.8 Å². The lowest BCUT2D eigenvalue weighted by Crippen LogP contribution is -1.99. The Balaban J connectivity index is 1.81. The Bertz CT molecular complexity index is 506. The van der Waals surface area contributed by atoms with E-state index in [0.717, 1.165) is 22.5 Å². The van der Waals surface area contributed by atoms with E-state index in [1.807, 2.05) is 0 Å². The average Bonchev–Trinajstić information content (AvgIpc) is 3.06. The van der Waals surface area contributed by atoms with E-state index in [4.69, 9.17) is 0 Å². The van der Waals surface area contributed by atoms with Gasteiger partial charge in [-0.2, -0.15) is 4.68 Å². The SMILES string of the molecule is Oc1ccc(-n2nnnc2SCC2CC2)cc1. The van der Waals surface area contributed by atoms with Crippen molar-refractivity contribution >= 4 is 11.8 Å².